The number of rotatable bonds is 10. The summed E-state index contributed by atoms with van der Waals surface area (Å²) in [6.45, 7) is 8.60. The number of fused-ring (bicyclic) bond motifs is 1. The number of amides is 5. The van der Waals surface area contributed by atoms with Crippen LogP contribution in [-0.4, -0.2) is 95.8 Å². The number of ether oxygens (including phenoxy) is 2. The second-order valence-corrected chi connectivity index (χ2v) is 16.1. The topological polar surface area (TPSA) is 207 Å². The number of carbonyl (C=O) groups excluding carboxylic acids is 5. The van der Waals surface area contributed by atoms with Crippen molar-refractivity contribution in [2.45, 2.75) is 107 Å². The third-order valence-corrected chi connectivity index (χ3v) is 10.7. The SMILES string of the molecule is C=C1CC(NC(=O)[C@@H]2CC(OC(=O)N3Cc4cccc(F)c4C3)CN2C(=O)[C@H](CCN)NC(=O)OC(C)(C)C)(C(=O)NS(=O)(=O)C2CC2)C1. The summed E-state index contributed by atoms with van der Waals surface area (Å²) in [6, 6.07) is 2.03. The Balaban J connectivity index is 1.35. The number of sulfonamides is 1. The number of hydrogen-bond donors (Lipinski definition) is 4. The number of carbonyl (C=O) groups is 5. The lowest BCUT2D eigenvalue weighted by Crippen LogP contribution is -2.66. The monoisotopic (exact) mass is 706 g/mol. The first-order valence-corrected chi connectivity index (χ1v) is 17.7. The minimum absolute atomic E-state index is 0.0116. The molecule has 5 rings (SSSR count). The summed E-state index contributed by atoms with van der Waals surface area (Å²) in [4.78, 5) is 69.5. The highest BCUT2D eigenvalue weighted by molar-refractivity contribution is 7.91. The molecule has 268 valence electrons. The molecule has 1 unspecified atom stereocenters. The van der Waals surface area contributed by atoms with Crippen LogP contribution in [0, 0.1) is 5.82 Å². The Morgan fingerprint density at radius 3 is 2.43 bits per heavy atom. The van der Waals surface area contributed by atoms with E-state index in [9.17, 15) is 36.8 Å². The molecule has 1 aromatic carbocycles. The molecule has 3 atom stereocenters. The molecule has 2 aliphatic heterocycles. The lowest BCUT2D eigenvalue weighted by atomic mass is 9.72. The number of hydrogen-bond acceptors (Lipinski definition) is 10. The second-order valence-electron chi connectivity index (χ2n) is 14.1. The maximum Gasteiger partial charge on any atom is 0.410 e. The maximum absolute atomic E-state index is 14.3. The average molecular weight is 707 g/mol. The zero-order chi connectivity index (χ0) is 35.9. The molecule has 2 saturated carbocycles. The van der Waals surface area contributed by atoms with E-state index in [4.69, 9.17) is 15.2 Å². The van der Waals surface area contributed by atoms with Crippen LogP contribution in [0.2, 0.25) is 0 Å². The van der Waals surface area contributed by atoms with Gasteiger partial charge in [0, 0.05) is 31.4 Å². The first kappa shape index (κ1) is 36.0. The molecule has 0 bridgehead atoms. The van der Waals surface area contributed by atoms with Crippen LogP contribution in [0.5, 0.6) is 0 Å². The van der Waals surface area contributed by atoms with E-state index >= 15 is 0 Å². The Bertz CT molecular complexity index is 1650. The maximum atomic E-state index is 14.3. The van der Waals surface area contributed by atoms with Crippen molar-refractivity contribution in [3.05, 3.63) is 47.3 Å². The molecule has 49 heavy (non-hydrogen) atoms. The van der Waals surface area contributed by atoms with Crippen molar-refractivity contribution in [3.63, 3.8) is 0 Å². The summed E-state index contributed by atoms with van der Waals surface area (Å²) in [5.74, 6) is -2.86. The molecule has 2 aliphatic carbocycles. The van der Waals surface area contributed by atoms with Crippen LogP contribution < -0.4 is 21.1 Å². The van der Waals surface area contributed by atoms with Crippen molar-refractivity contribution < 1.29 is 46.3 Å². The van der Waals surface area contributed by atoms with Crippen LogP contribution in [0.4, 0.5) is 14.0 Å². The Labute approximate surface area is 284 Å². The van der Waals surface area contributed by atoms with Crippen LogP contribution in [0.15, 0.2) is 30.4 Å². The largest absolute Gasteiger partial charge is 0.444 e. The van der Waals surface area contributed by atoms with E-state index in [-0.39, 0.29) is 51.9 Å². The first-order chi connectivity index (χ1) is 22.9. The number of likely N-dealkylation sites (tertiary alicyclic amines) is 1. The van der Waals surface area contributed by atoms with Gasteiger partial charge in [0.25, 0.3) is 5.91 Å². The Morgan fingerprint density at radius 2 is 1.84 bits per heavy atom. The predicted octanol–water partition coefficient (Wildman–Crippen LogP) is 1.30. The predicted molar refractivity (Wildman–Crippen MR) is 172 cm³/mol. The van der Waals surface area contributed by atoms with E-state index in [1.807, 2.05) is 0 Å². The van der Waals surface area contributed by atoms with Gasteiger partial charge in [0.15, 0.2) is 0 Å². The Morgan fingerprint density at radius 1 is 1.14 bits per heavy atom. The fourth-order valence-electron chi connectivity index (χ4n) is 6.29. The summed E-state index contributed by atoms with van der Waals surface area (Å²) in [7, 11) is -3.93. The molecule has 15 nitrogen and oxygen atoms in total. The number of nitrogens with zero attached hydrogens (tertiary/aromatic N) is 2. The molecular formula is C32H43FN6O9S. The van der Waals surface area contributed by atoms with E-state index in [2.05, 4.69) is 21.9 Å². The van der Waals surface area contributed by atoms with E-state index in [1.165, 1.54) is 11.0 Å². The van der Waals surface area contributed by atoms with E-state index in [0.717, 1.165) is 4.90 Å². The minimum Gasteiger partial charge on any atom is -0.444 e. The van der Waals surface area contributed by atoms with Gasteiger partial charge in [-0.05, 0) is 58.2 Å². The molecule has 1 aromatic rings. The summed E-state index contributed by atoms with van der Waals surface area (Å²) >= 11 is 0. The van der Waals surface area contributed by atoms with Gasteiger partial charge in [-0.3, -0.25) is 24.0 Å². The number of nitrogens with one attached hydrogen (secondary N) is 3. The van der Waals surface area contributed by atoms with Crippen molar-refractivity contribution >= 4 is 39.9 Å². The minimum atomic E-state index is -3.93. The fraction of sp³-hybridized carbons (Fsp3) is 0.594. The van der Waals surface area contributed by atoms with Gasteiger partial charge in [0.05, 0.1) is 18.3 Å². The van der Waals surface area contributed by atoms with Gasteiger partial charge in [-0.2, -0.15) is 0 Å². The van der Waals surface area contributed by atoms with Crippen LogP contribution >= 0.6 is 0 Å². The summed E-state index contributed by atoms with van der Waals surface area (Å²) < 4.78 is 52.6. The Kier molecular flexibility index (Phi) is 9.98. The summed E-state index contributed by atoms with van der Waals surface area (Å²) in [5.41, 5.74) is 4.86. The number of benzene rings is 1. The number of halogens is 1. The van der Waals surface area contributed by atoms with E-state index < -0.39 is 80.3 Å². The molecule has 4 aliphatic rings. The molecule has 3 fully saturated rings. The molecule has 5 N–H and O–H groups in total. The fourth-order valence-corrected chi connectivity index (χ4v) is 7.67. The Hall–Kier alpha value is -4.25. The molecular weight excluding hydrogens is 663 g/mol. The van der Waals surface area contributed by atoms with Gasteiger partial charge in [0.1, 0.15) is 35.1 Å². The van der Waals surface area contributed by atoms with Crippen molar-refractivity contribution in [1.29, 1.82) is 0 Å². The molecule has 1 saturated heterocycles. The highest BCUT2D eigenvalue weighted by Gasteiger charge is 2.53. The van der Waals surface area contributed by atoms with Crippen molar-refractivity contribution in [2.75, 3.05) is 13.1 Å². The summed E-state index contributed by atoms with van der Waals surface area (Å²) in [5, 5.41) is 4.49. The van der Waals surface area contributed by atoms with Gasteiger partial charge in [-0.1, -0.05) is 24.3 Å². The van der Waals surface area contributed by atoms with Gasteiger partial charge in [-0.15, -0.1) is 0 Å². The first-order valence-electron chi connectivity index (χ1n) is 16.2. The summed E-state index contributed by atoms with van der Waals surface area (Å²) in [6.07, 6.45) is -2.06. The molecule has 0 spiro atoms. The van der Waals surface area contributed by atoms with Gasteiger partial charge in [-0.25, -0.2) is 22.4 Å². The highest BCUT2D eigenvalue weighted by Crippen LogP contribution is 2.38. The lowest BCUT2D eigenvalue weighted by molar-refractivity contribution is -0.142. The standard InChI is InChI=1S/C32H43FN6O9S/c1-18-13-32(14-18,28(42)37-49(45,46)21-8-9-21)36-26(40)25-12-20(47-30(44)38-15-19-6-5-7-23(33)22(19)17-38)16-39(25)27(41)24(10-11-34)35-29(43)48-31(2,3)4/h5-7,20-21,24-25H,1,8-17,34H2,2-4H3,(H,35,43)(H,36,40)(H,37,42)/t20?,24-,25-/m0/s1. The average Bonchev–Trinajstić information content (AvgIpc) is 3.63. The molecule has 0 radical (unpaired) electrons. The van der Waals surface area contributed by atoms with Gasteiger partial charge >= 0.3 is 12.2 Å². The third kappa shape index (κ3) is 8.15. The second kappa shape index (κ2) is 13.6. The zero-order valence-corrected chi connectivity index (χ0v) is 28.6. The van der Waals surface area contributed by atoms with E-state index in [1.54, 1.807) is 32.9 Å². The smallest absolute Gasteiger partial charge is 0.410 e. The molecule has 17 heteroatoms. The highest BCUT2D eigenvalue weighted by atomic mass is 32.2. The lowest BCUT2D eigenvalue weighted by Gasteiger charge is -2.43. The van der Waals surface area contributed by atoms with Gasteiger partial charge in [0.2, 0.25) is 21.8 Å². The van der Waals surface area contributed by atoms with Crippen molar-refractivity contribution in [3.8, 4) is 0 Å². The van der Waals surface area contributed by atoms with Crippen LogP contribution in [0.1, 0.15) is 70.4 Å². The number of alkyl carbamates (subject to hydrolysis) is 1. The van der Waals surface area contributed by atoms with E-state index in [0.29, 0.717) is 29.5 Å². The van der Waals surface area contributed by atoms with Crippen molar-refractivity contribution in [1.82, 2.24) is 25.2 Å². The van der Waals surface area contributed by atoms with Crippen LogP contribution in [-0.2, 0) is 47.0 Å². The molecule has 5 amide bonds. The number of nitrogens with two attached hydrogens (primary N) is 1. The molecule has 0 aromatic heterocycles. The van der Waals surface area contributed by atoms with Crippen LogP contribution in [0.3, 0.4) is 0 Å². The molecule has 2 heterocycles. The zero-order valence-electron chi connectivity index (χ0n) is 27.8. The quantitative estimate of drug-likeness (QED) is 0.257. The van der Waals surface area contributed by atoms with Gasteiger partial charge < -0.3 is 30.7 Å². The third-order valence-electron chi connectivity index (χ3n) is 8.84. The van der Waals surface area contributed by atoms with Crippen molar-refractivity contribution in [2.24, 2.45) is 5.73 Å². The normalized spacial score (nSPS) is 22.0. The van der Waals surface area contributed by atoms with Crippen LogP contribution in [0.25, 0.3) is 0 Å².